The molecule has 0 spiro atoms. The molecule has 0 aliphatic heterocycles. The highest BCUT2D eigenvalue weighted by molar-refractivity contribution is 6.35. The smallest absolute Gasteiger partial charge is 0.145 e. The summed E-state index contributed by atoms with van der Waals surface area (Å²) in [6.07, 6.45) is 0. The van der Waals surface area contributed by atoms with Gasteiger partial charge >= 0.3 is 0 Å². The molecule has 22 heavy (non-hydrogen) atoms. The Hall–Kier alpha value is -2.58. The molecular weight excluding hydrogens is 292 g/mol. The zero-order valence-electron chi connectivity index (χ0n) is 11.8. The van der Waals surface area contributed by atoms with Crippen molar-refractivity contribution in [1.29, 1.82) is 0 Å². The molecular formula is C19H13ClN2. The van der Waals surface area contributed by atoms with Crippen LogP contribution in [0.25, 0.3) is 28.1 Å². The molecule has 3 heteroatoms. The van der Waals surface area contributed by atoms with Crippen molar-refractivity contribution in [2.24, 2.45) is 0 Å². The van der Waals surface area contributed by atoms with E-state index in [0.29, 0.717) is 5.02 Å². The number of halogens is 1. The third-order valence-corrected chi connectivity index (χ3v) is 3.98. The average Bonchev–Trinajstić information content (AvgIpc) is 2.97. The van der Waals surface area contributed by atoms with Gasteiger partial charge < -0.3 is 0 Å². The SMILES string of the molecule is Clc1cccc2nc(-c3ccccc3)n(-c3ccccc3)c12. The fraction of sp³-hybridized carbons (Fsp3) is 0. The first-order chi connectivity index (χ1) is 10.8. The van der Waals surface area contributed by atoms with E-state index in [-0.39, 0.29) is 0 Å². The summed E-state index contributed by atoms with van der Waals surface area (Å²) in [6.45, 7) is 0. The molecule has 0 amide bonds. The molecule has 0 aliphatic carbocycles. The highest BCUT2D eigenvalue weighted by Crippen LogP contribution is 2.32. The largest absolute Gasteiger partial charge is 0.291 e. The Labute approximate surface area is 133 Å². The van der Waals surface area contributed by atoms with Gasteiger partial charge in [-0.05, 0) is 24.3 Å². The van der Waals surface area contributed by atoms with E-state index in [4.69, 9.17) is 16.6 Å². The number of nitrogens with zero attached hydrogens (tertiary/aromatic N) is 2. The van der Waals surface area contributed by atoms with Gasteiger partial charge in [0.1, 0.15) is 5.82 Å². The van der Waals surface area contributed by atoms with Crippen molar-refractivity contribution in [2.75, 3.05) is 0 Å². The summed E-state index contributed by atoms with van der Waals surface area (Å²) in [6, 6.07) is 26.2. The third kappa shape index (κ3) is 2.09. The van der Waals surface area contributed by atoms with E-state index in [0.717, 1.165) is 28.1 Å². The molecule has 4 aromatic rings. The molecule has 0 saturated carbocycles. The predicted octanol–water partition coefficient (Wildman–Crippen LogP) is 5.35. The van der Waals surface area contributed by atoms with Crippen LogP contribution < -0.4 is 0 Å². The first kappa shape index (κ1) is 13.1. The van der Waals surface area contributed by atoms with E-state index in [2.05, 4.69) is 28.8 Å². The highest BCUT2D eigenvalue weighted by atomic mass is 35.5. The van der Waals surface area contributed by atoms with Gasteiger partial charge in [-0.15, -0.1) is 0 Å². The van der Waals surface area contributed by atoms with Crippen molar-refractivity contribution >= 4 is 22.6 Å². The van der Waals surface area contributed by atoms with Crippen LogP contribution in [0.5, 0.6) is 0 Å². The Morgan fingerprint density at radius 1 is 0.727 bits per heavy atom. The van der Waals surface area contributed by atoms with Crippen molar-refractivity contribution in [3.05, 3.63) is 83.9 Å². The maximum absolute atomic E-state index is 6.45. The van der Waals surface area contributed by atoms with Crippen LogP contribution >= 0.6 is 11.6 Å². The number of aromatic nitrogens is 2. The summed E-state index contributed by atoms with van der Waals surface area (Å²) < 4.78 is 2.12. The number of fused-ring (bicyclic) bond motifs is 1. The lowest BCUT2D eigenvalue weighted by molar-refractivity contribution is 1.10. The van der Waals surface area contributed by atoms with E-state index in [9.17, 15) is 0 Å². The van der Waals surface area contributed by atoms with Crippen molar-refractivity contribution in [2.45, 2.75) is 0 Å². The van der Waals surface area contributed by atoms with Crippen LogP contribution in [0, 0.1) is 0 Å². The van der Waals surface area contributed by atoms with Crippen molar-refractivity contribution < 1.29 is 0 Å². The Bertz CT molecular complexity index is 928. The van der Waals surface area contributed by atoms with Gasteiger partial charge in [-0.25, -0.2) is 4.98 Å². The van der Waals surface area contributed by atoms with E-state index < -0.39 is 0 Å². The highest BCUT2D eigenvalue weighted by Gasteiger charge is 2.15. The number of para-hydroxylation sites is 2. The van der Waals surface area contributed by atoms with E-state index in [1.807, 2.05) is 54.6 Å². The fourth-order valence-electron chi connectivity index (χ4n) is 2.69. The van der Waals surface area contributed by atoms with Gasteiger partial charge in [0.25, 0.3) is 0 Å². The zero-order chi connectivity index (χ0) is 14.9. The molecule has 2 nitrogen and oxygen atoms in total. The van der Waals surface area contributed by atoms with Crippen LogP contribution in [-0.2, 0) is 0 Å². The molecule has 1 aromatic heterocycles. The molecule has 0 N–H and O–H groups in total. The van der Waals surface area contributed by atoms with Gasteiger partial charge in [0.05, 0.1) is 16.1 Å². The number of hydrogen-bond donors (Lipinski definition) is 0. The lowest BCUT2D eigenvalue weighted by Gasteiger charge is -2.10. The van der Waals surface area contributed by atoms with Crippen LogP contribution in [0.4, 0.5) is 0 Å². The number of rotatable bonds is 2. The van der Waals surface area contributed by atoms with Gasteiger partial charge in [-0.2, -0.15) is 0 Å². The summed E-state index contributed by atoms with van der Waals surface area (Å²) in [5.41, 5.74) is 3.96. The van der Waals surface area contributed by atoms with Gasteiger partial charge in [0, 0.05) is 11.3 Å². The second kappa shape index (κ2) is 5.32. The lowest BCUT2D eigenvalue weighted by Crippen LogP contribution is -1.97. The van der Waals surface area contributed by atoms with Crippen molar-refractivity contribution in [3.63, 3.8) is 0 Å². The predicted molar refractivity (Wildman–Crippen MR) is 91.5 cm³/mol. The summed E-state index contributed by atoms with van der Waals surface area (Å²) in [7, 11) is 0. The average molecular weight is 305 g/mol. The molecule has 4 rings (SSSR count). The molecule has 0 radical (unpaired) electrons. The van der Waals surface area contributed by atoms with Crippen LogP contribution in [0.15, 0.2) is 78.9 Å². The molecule has 0 bridgehead atoms. The van der Waals surface area contributed by atoms with Gasteiger partial charge in [-0.3, -0.25) is 4.57 Å². The van der Waals surface area contributed by atoms with Gasteiger partial charge in [0.2, 0.25) is 0 Å². The van der Waals surface area contributed by atoms with Gasteiger partial charge in [-0.1, -0.05) is 66.2 Å². The normalized spacial score (nSPS) is 11.0. The van der Waals surface area contributed by atoms with Crippen LogP contribution in [0.3, 0.4) is 0 Å². The van der Waals surface area contributed by atoms with E-state index in [1.54, 1.807) is 0 Å². The monoisotopic (exact) mass is 304 g/mol. The number of benzene rings is 3. The maximum Gasteiger partial charge on any atom is 0.145 e. The second-order valence-electron chi connectivity index (χ2n) is 5.08. The Morgan fingerprint density at radius 3 is 2.14 bits per heavy atom. The zero-order valence-corrected chi connectivity index (χ0v) is 12.5. The molecule has 1 heterocycles. The molecule has 0 saturated heterocycles. The van der Waals surface area contributed by atoms with Crippen LogP contribution in [0.2, 0.25) is 5.02 Å². The number of imidazole rings is 1. The first-order valence-electron chi connectivity index (χ1n) is 7.12. The van der Waals surface area contributed by atoms with Crippen LogP contribution in [0.1, 0.15) is 0 Å². The lowest BCUT2D eigenvalue weighted by atomic mass is 10.2. The van der Waals surface area contributed by atoms with Crippen molar-refractivity contribution in [3.8, 4) is 17.1 Å². The summed E-state index contributed by atoms with van der Waals surface area (Å²) in [4.78, 5) is 4.80. The van der Waals surface area contributed by atoms with Gasteiger partial charge in [0.15, 0.2) is 0 Å². The van der Waals surface area contributed by atoms with E-state index in [1.165, 1.54) is 0 Å². The maximum atomic E-state index is 6.45. The third-order valence-electron chi connectivity index (χ3n) is 3.67. The fourth-order valence-corrected chi connectivity index (χ4v) is 2.95. The van der Waals surface area contributed by atoms with E-state index >= 15 is 0 Å². The molecule has 0 atom stereocenters. The Kier molecular flexibility index (Phi) is 3.17. The molecule has 0 unspecified atom stereocenters. The number of hydrogen-bond acceptors (Lipinski definition) is 1. The summed E-state index contributed by atoms with van der Waals surface area (Å²) in [5.74, 6) is 0.898. The Morgan fingerprint density at radius 2 is 1.41 bits per heavy atom. The molecule has 0 fully saturated rings. The van der Waals surface area contributed by atoms with Crippen LogP contribution in [-0.4, -0.2) is 9.55 Å². The summed E-state index contributed by atoms with van der Waals surface area (Å²) in [5, 5.41) is 0.705. The topological polar surface area (TPSA) is 17.8 Å². The minimum atomic E-state index is 0.705. The minimum absolute atomic E-state index is 0.705. The first-order valence-corrected chi connectivity index (χ1v) is 7.50. The molecule has 3 aromatic carbocycles. The minimum Gasteiger partial charge on any atom is -0.291 e. The molecule has 106 valence electrons. The quantitative estimate of drug-likeness (QED) is 0.488. The van der Waals surface area contributed by atoms with Crippen molar-refractivity contribution in [1.82, 2.24) is 9.55 Å². The summed E-state index contributed by atoms with van der Waals surface area (Å²) >= 11 is 6.45. The second-order valence-corrected chi connectivity index (χ2v) is 5.49. The Balaban J connectivity index is 2.11. The standard InChI is InChI=1S/C19H13ClN2/c20-16-12-7-13-17-18(16)22(15-10-5-2-6-11-15)19(21-17)14-8-3-1-4-9-14/h1-13H. The molecule has 0 aliphatic rings.